The van der Waals surface area contributed by atoms with Crippen LogP contribution in [-0.4, -0.2) is 45.3 Å². The Bertz CT molecular complexity index is 1140. The molecule has 1 saturated carbocycles. The van der Waals surface area contributed by atoms with Crippen LogP contribution < -0.4 is 0 Å². The number of aryl methyl sites for hydroxylation is 1. The maximum absolute atomic E-state index is 12.3. The molecule has 7 nitrogen and oxygen atoms in total. The van der Waals surface area contributed by atoms with E-state index < -0.39 is 23.9 Å². The van der Waals surface area contributed by atoms with Gasteiger partial charge in [0.05, 0.1) is 23.3 Å². The van der Waals surface area contributed by atoms with Gasteiger partial charge in [0.1, 0.15) is 0 Å². The van der Waals surface area contributed by atoms with Crippen LogP contribution in [0.2, 0.25) is 0 Å². The molecule has 2 aromatic carbocycles. The largest absolute Gasteiger partial charge is 0.393 e. The number of nitrogens with zero attached hydrogens (tertiary/aromatic N) is 1. The van der Waals surface area contributed by atoms with E-state index in [1.165, 1.54) is 17.7 Å². The van der Waals surface area contributed by atoms with Gasteiger partial charge in [0, 0.05) is 6.42 Å². The first-order chi connectivity index (χ1) is 18.4. The number of imide groups is 1. The third kappa shape index (κ3) is 7.05. The van der Waals surface area contributed by atoms with E-state index in [9.17, 15) is 24.6 Å². The van der Waals surface area contributed by atoms with Crippen molar-refractivity contribution in [1.82, 2.24) is 5.06 Å². The Morgan fingerprint density at radius 1 is 1.00 bits per heavy atom. The number of carbonyl (C=O) groups excluding carboxylic acids is 3. The molecule has 0 bridgehead atoms. The highest BCUT2D eigenvalue weighted by molar-refractivity contribution is 6.20. The number of amides is 2. The van der Waals surface area contributed by atoms with Crippen molar-refractivity contribution in [3.8, 4) is 0 Å². The smallest absolute Gasteiger partial charge is 0.333 e. The van der Waals surface area contributed by atoms with Crippen LogP contribution in [0, 0.1) is 11.8 Å². The summed E-state index contributed by atoms with van der Waals surface area (Å²) in [5.41, 5.74) is 1.67. The molecule has 200 valence electrons. The predicted octanol–water partition coefficient (Wildman–Crippen LogP) is 4.79. The Balaban J connectivity index is 1.15. The van der Waals surface area contributed by atoms with E-state index in [1.54, 1.807) is 12.1 Å². The minimum Gasteiger partial charge on any atom is -0.393 e. The lowest BCUT2D eigenvalue weighted by Crippen LogP contribution is -2.32. The van der Waals surface area contributed by atoms with Crippen LogP contribution in [-0.2, 0) is 16.1 Å². The monoisotopic (exact) mass is 517 g/mol. The van der Waals surface area contributed by atoms with Crippen molar-refractivity contribution in [2.45, 2.75) is 63.6 Å². The Morgan fingerprint density at radius 2 is 1.68 bits per heavy atom. The molecule has 7 heteroatoms. The van der Waals surface area contributed by atoms with Crippen molar-refractivity contribution in [3.05, 3.63) is 95.6 Å². The quantitative estimate of drug-likeness (QED) is 0.238. The summed E-state index contributed by atoms with van der Waals surface area (Å²) in [5.74, 6) is -1.56. The molecule has 1 heterocycles. The van der Waals surface area contributed by atoms with Crippen molar-refractivity contribution < 1.29 is 29.4 Å². The van der Waals surface area contributed by atoms with Crippen molar-refractivity contribution in [2.75, 3.05) is 0 Å². The molecule has 0 radical (unpaired) electrons. The lowest BCUT2D eigenvalue weighted by Gasteiger charge is -2.18. The lowest BCUT2D eigenvalue weighted by molar-refractivity contribution is -0.168. The van der Waals surface area contributed by atoms with Gasteiger partial charge in [-0.05, 0) is 74.5 Å². The molecule has 2 amide bonds. The Hall–Kier alpha value is -3.55. The highest BCUT2D eigenvalue weighted by atomic mass is 16.7. The minimum atomic E-state index is -0.629. The molecule has 0 aromatic heterocycles. The fraction of sp³-hybridized carbons (Fsp3) is 0.387. The second kappa shape index (κ2) is 13.3. The molecular weight excluding hydrogens is 482 g/mol. The average Bonchev–Trinajstić information content (AvgIpc) is 3.40. The molecule has 0 saturated heterocycles. The zero-order valence-corrected chi connectivity index (χ0v) is 21.4. The summed E-state index contributed by atoms with van der Waals surface area (Å²) in [6.45, 7) is 0. The van der Waals surface area contributed by atoms with Crippen LogP contribution >= 0.6 is 0 Å². The van der Waals surface area contributed by atoms with E-state index in [2.05, 4.69) is 18.2 Å². The van der Waals surface area contributed by atoms with E-state index in [1.807, 2.05) is 36.4 Å². The highest BCUT2D eigenvalue weighted by Gasteiger charge is 2.38. The molecule has 0 spiro atoms. The summed E-state index contributed by atoms with van der Waals surface area (Å²) in [5, 5.41) is 21.3. The van der Waals surface area contributed by atoms with E-state index in [-0.39, 0.29) is 35.5 Å². The van der Waals surface area contributed by atoms with Crippen molar-refractivity contribution in [2.24, 2.45) is 11.8 Å². The van der Waals surface area contributed by atoms with Gasteiger partial charge >= 0.3 is 5.97 Å². The number of unbranched alkanes of at least 4 members (excludes halogenated alkanes) is 1. The van der Waals surface area contributed by atoms with Gasteiger partial charge in [0.15, 0.2) is 0 Å². The fourth-order valence-corrected chi connectivity index (χ4v) is 5.11. The van der Waals surface area contributed by atoms with Crippen LogP contribution in [0.15, 0.2) is 78.9 Å². The maximum atomic E-state index is 12.3. The normalized spacial score (nSPS) is 21.9. The van der Waals surface area contributed by atoms with Crippen molar-refractivity contribution in [1.29, 1.82) is 0 Å². The molecule has 2 aromatic rings. The van der Waals surface area contributed by atoms with Crippen LogP contribution in [0.1, 0.15) is 71.2 Å². The van der Waals surface area contributed by atoms with Gasteiger partial charge in [0.2, 0.25) is 0 Å². The summed E-state index contributed by atoms with van der Waals surface area (Å²) in [6, 6.07) is 16.5. The number of allylic oxidation sites excluding steroid dienone is 3. The first-order valence-corrected chi connectivity index (χ1v) is 13.4. The van der Waals surface area contributed by atoms with Crippen LogP contribution in [0.3, 0.4) is 0 Å². The zero-order chi connectivity index (χ0) is 26.9. The molecular formula is C31H35NO6. The molecule has 0 unspecified atom stereocenters. The van der Waals surface area contributed by atoms with Crippen LogP contribution in [0.5, 0.6) is 0 Å². The van der Waals surface area contributed by atoms with Gasteiger partial charge in [-0.15, -0.1) is 0 Å². The zero-order valence-electron chi connectivity index (χ0n) is 21.4. The predicted molar refractivity (Wildman–Crippen MR) is 143 cm³/mol. The highest BCUT2D eigenvalue weighted by Crippen LogP contribution is 2.36. The molecule has 2 aliphatic rings. The Kier molecular flexibility index (Phi) is 9.62. The SMILES string of the molecule is O=C(CCC/C=C\C[C@H]1[C@@H](O)CC[C@@H]1/C=C/[C@@H](O)CCc1ccccc1)ON1C(=O)c2ccccc2C1=O. The van der Waals surface area contributed by atoms with Crippen LogP contribution in [0.4, 0.5) is 0 Å². The van der Waals surface area contributed by atoms with Gasteiger partial charge in [-0.1, -0.05) is 71.8 Å². The van der Waals surface area contributed by atoms with Gasteiger partial charge in [-0.2, -0.15) is 0 Å². The number of fused-ring (bicyclic) bond motifs is 1. The summed E-state index contributed by atoms with van der Waals surface area (Å²) < 4.78 is 0. The molecule has 1 aliphatic carbocycles. The van der Waals surface area contributed by atoms with Gasteiger partial charge in [-0.3, -0.25) is 9.59 Å². The maximum Gasteiger partial charge on any atom is 0.333 e. The number of hydroxylamine groups is 2. The molecule has 4 atom stereocenters. The van der Waals surface area contributed by atoms with E-state index >= 15 is 0 Å². The summed E-state index contributed by atoms with van der Waals surface area (Å²) >= 11 is 0. The van der Waals surface area contributed by atoms with E-state index in [0.717, 1.165) is 25.7 Å². The number of carbonyl (C=O) groups is 3. The second-order valence-electron chi connectivity index (χ2n) is 9.96. The Labute approximate surface area is 223 Å². The number of rotatable bonds is 12. The molecule has 1 aliphatic heterocycles. The molecule has 2 N–H and O–H groups in total. The summed E-state index contributed by atoms with van der Waals surface area (Å²) in [7, 11) is 0. The Morgan fingerprint density at radius 3 is 2.39 bits per heavy atom. The van der Waals surface area contributed by atoms with Gasteiger partial charge in [0.25, 0.3) is 11.8 Å². The molecule has 38 heavy (non-hydrogen) atoms. The first kappa shape index (κ1) is 27.5. The average molecular weight is 518 g/mol. The number of aliphatic hydroxyl groups is 2. The van der Waals surface area contributed by atoms with Crippen molar-refractivity contribution in [3.63, 3.8) is 0 Å². The topological polar surface area (TPSA) is 104 Å². The van der Waals surface area contributed by atoms with E-state index in [4.69, 9.17) is 4.84 Å². The second-order valence-corrected chi connectivity index (χ2v) is 9.96. The molecule has 4 rings (SSSR count). The third-order valence-corrected chi connectivity index (χ3v) is 7.27. The lowest BCUT2D eigenvalue weighted by atomic mass is 9.90. The van der Waals surface area contributed by atoms with Gasteiger partial charge < -0.3 is 15.1 Å². The number of hydrogen-bond acceptors (Lipinski definition) is 6. The van der Waals surface area contributed by atoms with Gasteiger partial charge in [-0.25, -0.2) is 4.79 Å². The standard InChI is InChI=1S/C31H35NO6/c33-24(19-16-22-10-4-3-5-11-22)20-17-23-18-21-28(34)25(23)12-6-1-2-7-15-29(35)38-32-30(36)26-13-8-9-14-27(26)31(32)37/h1,3-6,8-11,13-14,17,20,23-25,28,33-34H,2,7,12,15-16,18-19,21H2/b6-1-,20-17+/t23-,24-,25+,28-/m0/s1. The third-order valence-electron chi connectivity index (χ3n) is 7.27. The fourth-order valence-electron chi connectivity index (χ4n) is 5.11. The summed E-state index contributed by atoms with van der Waals surface area (Å²) in [4.78, 5) is 41.8. The number of benzene rings is 2. The number of hydrogen-bond donors (Lipinski definition) is 2. The van der Waals surface area contributed by atoms with E-state index in [0.29, 0.717) is 24.3 Å². The van der Waals surface area contributed by atoms with Crippen LogP contribution in [0.25, 0.3) is 0 Å². The minimum absolute atomic E-state index is 0.0794. The number of aliphatic hydroxyl groups excluding tert-OH is 2. The molecule has 1 fully saturated rings. The summed E-state index contributed by atoms with van der Waals surface area (Å²) in [6.07, 6.45) is 12.1. The van der Waals surface area contributed by atoms with Crippen molar-refractivity contribution >= 4 is 17.8 Å². The first-order valence-electron chi connectivity index (χ1n) is 13.4.